The van der Waals surface area contributed by atoms with Crippen molar-refractivity contribution in [3.05, 3.63) is 29.8 Å². The topological polar surface area (TPSA) is 86.7 Å². The van der Waals surface area contributed by atoms with Gasteiger partial charge in [0.2, 0.25) is 10.4 Å². The Hall–Kier alpha value is -0.110. The summed E-state index contributed by atoms with van der Waals surface area (Å²) in [7, 11) is -4.60. The minimum atomic E-state index is -4.60. The first-order chi connectivity index (χ1) is 6.47. The van der Waals surface area contributed by atoms with Crippen molar-refractivity contribution in [2.75, 3.05) is 6.61 Å². The number of phenols is 1. The Morgan fingerprint density at radius 1 is 1.27 bits per heavy atom. The van der Waals surface area contributed by atoms with Crippen LogP contribution in [0.1, 0.15) is 5.56 Å². The molecule has 0 bridgehead atoms. The molecule has 5 nitrogen and oxygen atoms in total. The number of rotatable bonds is 4. The molecule has 0 aliphatic heterocycles. The Balaban J connectivity index is 0.00000196. The normalized spacial score (nSPS) is 10.7. The molecule has 1 N–H and O–H groups in total. The van der Waals surface area contributed by atoms with Crippen LogP contribution in [-0.4, -0.2) is 24.7 Å². The van der Waals surface area contributed by atoms with Gasteiger partial charge in [0.25, 0.3) is 0 Å². The zero-order chi connectivity index (χ0) is 10.6. The molecule has 0 spiro atoms. The molecule has 0 aliphatic rings. The number of hydrogen-bond donors (Lipinski definition) is 1. The summed E-state index contributed by atoms with van der Waals surface area (Å²) in [6.07, 6.45) is 0.307. The largest absolute Gasteiger partial charge is 1.00 e. The SMILES string of the molecule is O=S(=O)([O-])OCCc1ccc(O)cc1.[Na+]. The molecule has 1 aromatic carbocycles. The van der Waals surface area contributed by atoms with E-state index >= 15 is 0 Å². The molecule has 0 heterocycles. The maximum atomic E-state index is 10.1. The van der Waals surface area contributed by atoms with Crippen LogP contribution in [0.15, 0.2) is 24.3 Å². The molecule has 0 radical (unpaired) electrons. The number of phenolic OH excluding ortho intramolecular Hbond substituents is 1. The van der Waals surface area contributed by atoms with E-state index in [1.807, 2.05) is 0 Å². The van der Waals surface area contributed by atoms with E-state index in [1.165, 1.54) is 12.1 Å². The van der Waals surface area contributed by atoms with Gasteiger partial charge in [0.05, 0.1) is 6.61 Å². The molecule has 1 aromatic rings. The Kier molecular flexibility index (Phi) is 6.42. The molecule has 15 heavy (non-hydrogen) atoms. The van der Waals surface area contributed by atoms with Crippen molar-refractivity contribution in [1.82, 2.24) is 0 Å². The first-order valence-electron chi connectivity index (χ1n) is 3.85. The molecule has 0 unspecified atom stereocenters. The quantitative estimate of drug-likeness (QED) is 0.355. The molecule has 0 amide bonds. The molecule has 78 valence electrons. The average Bonchev–Trinajstić information content (AvgIpc) is 2.06. The van der Waals surface area contributed by atoms with Crippen LogP contribution in [0.3, 0.4) is 0 Å². The van der Waals surface area contributed by atoms with Crippen molar-refractivity contribution >= 4 is 10.4 Å². The van der Waals surface area contributed by atoms with E-state index in [0.29, 0.717) is 6.42 Å². The average molecular weight is 240 g/mol. The van der Waals surface area contributed by atoms with Crippen molar-refractivity contribution in [2.24, 2.45) is 0 Å². The molecule has 0 aromatic heterocycles. The van der Waals surface area contributed by atoms with Gasteiger partial charge in [0, 0.05) is 0 Å². The van der Waals surface area contributed by atoms with E-state index in [0.717, 1.165) is 5.56 Å². The van der Waals surface area contributed by atoms with Crippen LogP contribution < -0.4 is 29.6 Å². The minimum absolute atomic E-state index is 0. The van der Waals surface area contributed by atoms with Gasteiger partial charge >= 0.3 is 29.6 Å². The van der Waals surface area contributed by atoms with Crippen molar-refractivity contribution in [2.45, 2.75) is 6.42 Å². The molecule has 1 rings (SSSR count). The van der Waals surface area contributed by atoms with Crippen LogP contribution in [0.5, 0.6) is 5.75 Å². The van der Waals surface area contributed by atoms with E-state index in [-0.39, 0.29) is 41.9 Å². The van der Waals surface area contributed by atoms with Gasteiger partial charge < -0.3 is 9.66 Å². The van der Waals surface area contributed by atoms with Gasteiger partial charge in [-0.1, -0.05) is 12.1 Å². The summed E-state index contributed by atoms with van der Waals surface area (Å²) in [5.41, 5.74) is 0.784. The molecule has 7 heteroatoms. The second-order valence-electron chi connectivity index (χ2n) is 2.65. The van der Waals surface area contributed by atoms with Crippen molar-refractivity contribution in [3.8, 4) is 5.75 Å². The maximum Gasteiger partial charge on any atom is 1.00 e. The maximum absolute atomic E-state index is 10.1. The fourth-order valence-corrected chi connectivity index (χ4v) is 1.21. The zero-order valence-electron chi connectivity index (χ0n) is 8.21. The Bertz CT molecular complexity index is 386. The van der Waals surface area contributed by atoms with Gasteiger partial charge in [-0.25, -0.2) is 8.42 Å². The monoisotopic (exact) mass is 240 g/mol. The van der Waals surface area contributed by atoms with Gasteiger partial charge in [-0.3, -0.25) is 4.18 Å². The third-order valence-electron chi connectivity index (χ3n) is 1.55. The summed E-state index contributed by atoms with van der Waals surface area (Å²) in [4.78, 5) is 0. The Morgan fingerprint density at radius 2 is 1.80 bits per heavy atom. The molecular formula is C8H9NaO5S. The number of hydrogen-bond acceptors (Lipinski definition) is 5. The van der Waals surface area contributed by atoms with E-state index < -0.39 is 10.4 Å². The van der Waals surface area contributed by atoms with Crippen LogP contribution >= 0.6 is 0 Å². The van der Waals surface area contributed by atoms with Crippen molar-refractivity contribution in [1.29, 1.82) is 0 Å². The third-order valence-corrected chi connectivity index (χ3v) is 2.01. The van der Waals surface area contributed by atoms with Crippen molar-refractivity contribution in [3.63, 3.8) is 0 Å². The molecule has 0 saturated carbocycles. The minimum Gasteiger partial charge on any atom is -0.726 e. The van der Waals surface area contributed by atoms with Crippen LogP contribution in [-0.2, 0) is 21.0 Å². The summed E-state index contributed by atoms with van der Waals surface area (Å²) in [5, 5.41) is 8.93. The second kappa shape index (κ2) is 6.47. The summed E-state index contributed by atoms with van der Waals surface area (Å²) in [6, 6.07) is 6.19. The van der Waals surface area contributed by atoms with Gasteiger partial charge in [-0.15, -0.1) is 0 Å². The molecule has 0 atom stereocenters. The number of benzene rings is 1. The molecule has 0 saturated heterocycles. The van der Waals surface area contributed by atoms with E-state index in [4.69, 9.17) is 5.11 Å². The first kappa shape index (κ1) is 14.9. The van der Waals surface area contributed by atoms with Crippen LogP contribution in [0.25, 0.3) is 0 Å². The standard InChI is InChI=1S/C8H10O5S.Na/c9-8-3-1-7(2-4-8)5-6-13-14(10,11)12;/h1-4,9H,5-6H2,(H,10,11,12);/q;+1/p-1. The summed E-state index contributed by atoms with van der Waals surface area (Å²) in [5.74, 6) is 0.131. The summed E-state index contributed by atoms with van der Waals surface area (Å²) < 4.78 is 34.2. The summed E-state index contributed by atoms with van der Waals surface area (Å²) >= 11 is 0. The van der Waals surface area contributed by atoms with Gasteiger partial charge in [-0.2, -0.15) is 0 Å². The van der Waals surface area contributed by atoms with E-state index in [9.17, 15) is 13.0 Å². The molecular weight excluding hydrogens is 231 g/mol. The zero-order valence-corrected chi connectivity index (χ0v) is 11.0. The van der Waals surface area contributed by atoms with Crippen molar-refractivity contribution < 1.29 is 51.8 Å². The van der Waals surface area contributed by atoms with Gasteiger partial charge in [0.1, 0.15) is 5.75 Å². The second-order valence-corrected chi connectivity index (χ2v) is 3.70. The molecule has 0 aliphatic carbocycles. The third kappa shape index (κ3) is 6.88. The Labute approximate surface area is 110 Å². The smallest absolute Gasteiger partial charge is 0.726 e. The van der Waals surface area contributed by atoms with Crippen LogP contribution in [0, 0.1) is 0 Å². The fourth-order valence-electron chi connectivity index (χ4n) is 0.924. The number of aromatic hydroxyl groups is 1. The van der Waals surface area contributed by atoms with E-state index in [1.54, 1.807) is 12.1 Å². The van der Waals surface area contributed by atoms with E-state index in [2.05, 4.69) is 4.18 Å². The Morgan fingerprint density at radius 3 is 2.27 bits per heavy atom. The summed E-state index contributed by atoms with van der Waals surface area (Å²) in [6.45, 7) is -0.184. The predicted molar refractivity (Wildman–Crippen MR) is 47.5 cm³/mol. The fraction of sp³-hybridized carbons (Fsp3) is 0.250. The van der Waals surface area contributed by atoms with Crippen LogP contribution in [0.2, 0.25) is 0 Å². The molecule has 0 fully saturated rings. The van der Waals surface area contributed by atoms with Crippen LogP contribution in [0.4, 0.5) is 0 Å². The van der Waals surface area contributed by atoms with Gasteiger partial charge in [-0.05, 0) is 24.1 Å². The predicted octanol–water partition coefficient (Wildman–Crippen LogP) is -2.58. The first-order valence-corrected chi connectivity index (χ1v) is 5.19. The van der Waals surface area contributed by atoms with Gasteiger partial charge in [0.15, 0.2) is 0 Å².